The molecule has 2 aromatic carbocycles. The highest BCUT2D eigenvalue weighted by molar-refractivity contribution is 5.95. The van der Waals surface area contributed by atoms with E-state index in [1.165, 1.54) is 25.0 Å². The number of aromatic nitrogens is 7. The molecule has 1 saturated heterocycles. The van der Waals surface area contributed by atoms with E-state index in [9.17, 15) is 9.18 Å². The molecule has 3 N–H and O–H groups in total. The lowest BCUT2D eigenvalue weighted by Gasteiger charge is -2.15. The number of hydrogen-bond donors (Lipinski definition) is 3. The number of nitrogens with zero attached hydrogens (tertiary/aromatic N) is 6. The summed E-state index contributed by atoms with van der Waals surface area (Å²) in [6.45, 7) is 3.47. The Kier molecular flexibility index (Phi) is 8.20. The van der Waals surface area contributed by atoms with Crippen LogP contribution in [0.2, 0.25) is 0 Å². The van der Waals surface area contributed by atoms with Gasteiger partial charge in [0.25, 0.3) is 0 Å². The number of carbonyl (C=O) groups is 1. The molecule has 0 aliphatic carbocycles. The molecule has 7 aromatic rings. The van der Waals surface area contributed by atoms with E-state index in [1.54, 1.807) is 18.6 Å². The van der Waals surface area contributed by atoms with Crippen LogP contribution in [0.15, 0.2) is 91.4 Å². The van der Waals surface area contributed by atoms with E-state index in [-0.39, 0.29) is 18.1 Å². The fourth-order valence-electron chi connectivity index (χ4n) is 6.22. The zero-order valence-electron chi connectivity index (χ0n) is 26.5. The number of anilines is 1. The molecule has 11 nitrogen and oxygen atoms in total. The molecule has 49 heavy (non-hydrogen) atoms. The van der Waals surface area contributed by atoms with Crippen LogP contribution in [-0.2, 0) is 11.2 Å². The molecule has 1 amide bonds. The largest absolute Gasteiger partial charge is 0.492 e. The lowest BCUT2D eigenvalue weighted by atomic mass is 10.1. The highest BCUT2D eigenvalue weighted by Gasteiger charge is 2.19. The topological polar surface area (TPSA) is 138 Å². The third-order valence-corrected chi connectivity index (χ3v) is 8.61. The van der Waals surface area contributed by atoms with Crippen molar-refractivity contribution in [3.05, 3.63) is 103 Å². The third kappa shape index (κ3) is 6.58. The fourth-order valence-corrected chi connectivity index (χ4v) is 6.22. The summed E-state index contributed by atoms with van der Waals surface area (Å²) in [5.74, 6) is 0.415. The van der Waals surface area contributed by atoms with Gasteiger partial charge < -0.3 is 15.0 Å². The number of nitrogens with one attached hydrogen (secondary N) is 3. The number of aromatic amines is 2. The molecule has 0 spiro atoms. The Morgan fingerprint density at radius 3 is 2.71 bits per heavy atom. The molecule has 8 rings (SSSR count). The Hall–Kier alpha value is -6.01. The number of benzene rings is 2. The van der Waals surface area contributed by atoms with Gasteiger partial charge >= 0.3 is 0 Å². The molecule has 244 valence electrons. The van der Waals surface area contributed by atoms with Crippen molar-refractivity contribution in [3.8, 4) is 39.7 Å². The fraction of sp³-hybridized carbons (Fsp3) is 0.189. The van der Waals surface area contributed by atoms with Crippen molar-refractivity contribution in [2.45, 2.75) is 19.3 Å². The van der Waals surface area contributed by atoms with Crippen molar-refractivity contribution in [2.75, 3.05) is 31.6 Å². The first kappa shape index (κ1) is 30.3. The number of carbonyl (C=O) groups excluding carboxylic acids is 1. The first-order valence-electron chi connectivity index (χ1n) is 16.2. The van der Waals surface area contributed by atoms with Gasteiger partial charge in [-0.2, -0.15) is 5.10 Å². The summed E-state index contributed by atoms with van der Waals surface area (Å²) in [6, 6.07) is 21.7. The van der Waals surface area contributed by atoms with Gasteiger partial charge in [0.2, 0.25) is 5.91 Å². The SMILES string of the molecule is O=C(Cc1ccccc1)Nc1cncc(-c2ccc3[nH]nc(-c4nc5nccc(-c6cc(F)cc(OCCN7CCCC7)c6)c5[nH]4)c3n2)c1. The van der Waals surface area contributed by atoms with Gasteiger partial charge in [0.15, 0.2) is 17.2 Å². The Labute approximate surface area is 280 Å². The van der Waals surface area contributed by atoms with Crippen molar-refractivity contribution in [1.29, 1.82) is 0 Å². The molecular weight excluding hydrogens is 621 g/mol. The van der Waals surface area contributed by atoms with E-state index in [1.807, 2.05) is 60.7 Å². The van der Waals surface area contributed by atoms with E-state index in [4.69, 9.17) is 14.7 Å². The second-order valence-corrected chi connectivity index (χ2v) is 12.1. The van der Waals surface area contributed by atoms with E-state index < -0.39 is 0 Å². The van der Waals surface area contributed by atoms with Crippen molar-refractivity contribution >= 4 is 33.8 Å². The minimum Gasteiger partial charge on any atom is -0.492 e. The average molecular weight is 654 g/mol. The number of ether oxygens (including phenoxy) is 1. The molecule has 5 aromatic heterocycles. The molecule has 0 bridgehead atoms. The van der Waals surface area contributed by atoms with Crippen LogP contribution in [0.3, 0.4) is 0 Å². The highest BCUT2D eigenvalue weighted by Crippen LogP contribution is 2.33. The quantitative estimate of drug-likeness (QED) is 0.154. The molecule has 0 radical (unpaired) electrons. The number of amides is 1. The highest BCUT2D eigenvalue weighted by atomic mass is 19.1. The number of fused-ring (bicyclic) bond motifs is 2. The lowest BCUT2D eigenvalue weighted by Crippen LogP contribution is -2.25. The van der Waals surface area contributed by atoms with Gasteiger partial charge in [-0.3, -0.25) is 19.8 Å². The van der Waals surface area contributed by atoms with Crippen LogP contribution in [-0.4, -0.2) is 72.2 Å². The van der Waals surface area contributed by atoms with Gasteiger partial charge in [0.1, 0.15) is 23.7 Å². The van der Waals surface area contributed by atoms with Gasteiger partial charge in [0, 0.05) is 36.1 Å². The summed E-state index contributed by atoms with van der Waals surface area (Å²) in [6.07, 6.45) is 7.63. The summed E-state index contributed by atoms with van der Waals surface area (Å²) < 4.78 is 20.8. The Morgan fingerprint density at radius 1 is 0.959 bits per heavy atom. The van der Waals surface area contributed by atoms with Gasteiger partial charge in [0.05, 0.1) is 35.0 Å². The standard InChI is InChI=1S/C37H32FN9O2/c38-26-17-24(19-28(20-26)49-15-14-47-12-4-5-13-47)29-10-11-40-36-33(29)43-37(44-36)35-34-31(45-46-35)9-8-30(42-34)25-18-27(22-39-21-25)41-32(48)16-23-6-2-1-3-7-23/h1-3,6-11,17-22H,4-5,12-16H2,(H,41,48)(H,45,46)(H,40,43,44). The minimum absolute atomic E-state index is 0.136. The second-order valence-electron chi connectivity index (χ2n) is 12.1. The lowest BCUT2D eigenvalue weighted by molar-refractivity contribution is -0.115. The van der Waals surface area contributed by atoms with Gasteiger partial charge in [-0.15, -0.1) is 0 Å². The number of hydrogen-bond acceptors (Lipinski definition) is 8. The van der Waals surface area contributed by atoms with Crippen LogP contribution in [0.4, 0.5) is 10.1 Å². The van der Waals surface area contributed by atoms with Gasteiger partial charge in [-0.05, 0) is 73.5 Å². The number of likely N-dealkylation sites (tertiary alicyclic amines) is 1. The Morgan fingerprint density at radius 2 is 1.84 bits per heavy atom. The van der Waals surface area contributed by atoms with Crippen LogP contribution < -0.4 is 10.1 Å². The average Bonchev–Trinajstić information content (AvgIpc) is 3.88. The summed E-state index contributed by atoms with van der Waals surface area (Å²) >= 11 is 0. The number of halogens is 1. The normalized spacial score (nSPS) is 13.3. The number of H-pyrrole nitrogens is 2. The van der Waals surface area contributed by atoms with Crippen LogP contribution in [0.25, 0.3) is 56.1 Å². The van der Waals surface area contributed by atoms with Gasteiger partial charge in [-0.1, -0.05) is 30.3 Å². The molecular formula is C37H32FN9O2. The number of pyridine rings is 3. The molecule has 6 heterocycles. The maximum Gasteiger partial charge on any atom is 0.228 e. The molecule has 0 saturated carbocycles. The van der Waals surface area contributed by atoms with E-state index in [2.05, 4.69) is 35.4 Å². The maximum atomic E-state index is 14.8. The smallest absolute Gasteiger partial charge is 0.228 e. The first-order valence-corrected chi connectivity index (χ1v) is 16.2. The first-order chi connectivity index (χ1) is 24.1. The van der Waals surface area contributed by atoms with Crippen molar-refractivity contribution in [3.63, 3.8) is 0 Å². The maximum absolute atomic E-state index is 14.8. The van der Waals surface area contributed by atoms with Crippen LogP contribution in [0, 0.1) is 5.82 Å². The molecule has 0 unspecified atom stereocenters. The molecule has 0 atom stereocenters. The second kappa shape index (κ2) is 13.2. The zero-order chi connectivity index (χ0) is 33.2. The zero-order valence-corrected chi connectivity index (χ0v) is 26.5. The summed E-state index contributed by atoms with van der Waals surface area (Å²) in [5, 5.41) is 10.5. The third-order valence-electron chi connectivity index (χ3n) is 8.61. The van der Waals surface area contributed by atoms with Crippen molar-refractivity contribution in [1.82, 2.24) is 40.0 Å². The minimum atomic E-state index is -0.386. The monoisotopic (exact) mass is 653 g/mol. The summed E-state index contributed by atoms with van der Waals surface area (Å²) in [7, 11) is 0. The van der Waals surface area contributed by atoms with Crippen molar-refractivity contribution < 1.29 is 13.9 Å². The van der Waals surface area contributed by atoms with E-state index >= 15 is 0 Å². The van der Waals surface area contributed by atoms with E-state index in [0.717, 1.165) is 36.3 Å². The number of imidazole rings is 1. The van der Waals surface area contributed by atoms with Crippen LogP contribution >= 0.6 is 0 Å². The molecule has 1 aliphatic heterocycles. The summed E-state index contributed by atoms with van der Waals surface area (Å²) in [5.41, 5.74) is 7.17. The number of rotatable bonds is 10. The van der Waals surface area contributed by atoms with Crippen molar-refractivity contribution in [2.24, 2.45) is 0 Å². The van der Waals surface area contributed by atoms with E-state index in [0.29, 0.717) is 63.0 Å². The summed E-state index contributed by atoms with van der Waals surface area (Å²) in [4.78, 5) is 36.8. The molecule has 1 aliphatic rings. The Balaban J connectivity index is 1.06. The van der Waals surface area contributed by atoms with Crippen LogP contribution in [0.1, 0.15) is 18.4 Å². The van der Waals surface area contributed by atoms with Crippen LogP contribution in [0.5, 0.6) is 5.75 Å². The predicted octanol–water partition coefficient (Wildman–Crippen LogP) is 6.42. The predicted molar refractivity (Wildman–Crippen MR) is 185 cm³/mol. The molecule has 1 fully saturated rings. The van der Waals surface area contributed by atoms with Gasteiger partial charge in [-0.25, -0.2) is 19.3 Å². The Bertz CT molecular complexity index is 2280. The molecule has 12 heteroatoms.